The predicted molar refractivity (Wildman–Crippen MR) is 82.5 cm³/mol. The normalized spacial score (nSPS) is 12.5. The van der Waals surface area contributed by atoms with Gasteiger partial charge in [-0.2, -0.15) is 0 Å². The summed E-state index contributed by atoms with van der Waals surface area (Å²) in [7, 11) is 0. The number of rotatable bonds is 3. The summed E-state index contributed by atoms with van der Waals surface area (Å²) >= 11 is 1.54. The van der Waals surface area contributed by atoms with Crippen LogP contribution < -0.4 is 11.1 Å². The average molecular weight is 287 g/mol. The van der Waals surface area contributed by atoms with Crippen LogP contribution in [-0.2, 0) is 0 Å². The van der Waals surface area contributed by atoms with E-state index < -0.39 is 0 Å². The molecule has 0 aliphatic rings. The molecule has 20 heavy (non-hydrogen) atoms. The second kappa shape index (κ2) is 5.09. The van der Waals surface area contributed by atoms with E-state index in [1.807, 2.05) is 31.2 Å². The lowest BCUT2D eigenvalue weighted by molar-refractivity contribution is 0.623. The summed E-state index contributed by atoms with van der Waals surface area (Å²) in [6.45, 7) is 1.98. The zero-order valence-corrected chi connectivity index (χ0v) is 11.7. The first-order valence-electron chi connectivity index (χ1n) is 6.30. The van der Waals surface area contributed by atoms with Crippen molar-refractivity contribution in [3.05, 3.63) is 53.8 Å². The van der Waals surface area contributed by atoms with Crippen molar-refractivity contribution in [2.45, 2.75) is 13.0 Å². The fourth-order valence-corrected chi connectivity index (χ4v) is 3.05. The third-order valence-electron chi connectivity index (χ3n) is 3.10. The van der Waals surface area contributed by atoms with E-state index in [1.165, 1.54) is 12.1 Å². The molecule has 3 N–H and O–H groups in total. The van der Waals surface area contributed by atoms with Gasteiger partial charge in [-0.25, -0.2) is 9.37 Å². The van der Waals surface area contributed by atoms with Crippen molar-refractivity contribution in [3.63, 3.8) is 0 Å². The number of benzene rings is 2. The van der Waals surface area contributed by atoms with Crippen LogP contribution in [0.4, 0.5) is 15.2 Å². The Labute approximate surface area is 120 Å². The van der Waals surface area contributed by atoms with E-state index in [1.54, 1.807) is 17.4 Å². The molecule has 0 fully saturated rings. The lowest BCUT2D eigenvalue weighted by Gasteiger charge is -2.13. The lowest BCUT2D eigenvalue weighted by atomic mass is 10.1. The van der Waals surface area contributed by atoms with Crippen molar-refractivity contribution in [1.82, 2.24) is 4.98 Å². The number of fused-ring (bicyclic) bond motifs is 1. The number of nitrogen functional groups attached to an aromatic ring is 1. The van der Waals surface area contributed by atoms with Crippen LogP contribution in [0, 0.1) is 5.82 Å². The molecule has 0 saturated heterocycles. The highest BCUT2D eigenvalue weighted by molar-refractivity contribution is 7.22. The maximum atomic E-state index is 13.2. The van der Waals surface area contributed by atoms with Gasteiger partial charge in [-0.05, 0) is 42.8 Å². The number of nitrogens with one attached hydrogen (secondary N) is 1. The van der Waals surface area contributed by atoms with Gasteiger partial charge in [0.05, 0.1) is 16.3 Å². The summed E-state index contributed by atoms with van der Waals surface area (Å²) < 4.78 is 14.3. The molecular weight excluding hydrogens is 273 g/mol. The molecule has 5 heteroatoms. The van der Waals surface area contributed by atoms with Crippen LogP contribution in [0.15, 0.2) is 42.5 Å². The van der Waals surface area contributed by atoms with Gasteiger partial charge >= 0.3 is 0 Å². The highest BCUT2D eigenvalue weighted by atomic mass is 32.1. The molecule has 0 spiro atoms. The zero-order valence-electron chi connectivity index (χ0n) is 10.9. The Kier molecular flexibility index (Phi) is 3.28. The van der Waals surface area contributed by atoms with Crippen LogP contribution in [0.1, 0.15) is 18.5 Å². The zero-order chi connectivity index (χ0) is 14.1. The first kappa shape index (κ1) is 12.9. The summed E-state index contributed by atoms with van der Waals surface area (Å²) in [5.74, 6) is -0.228. The largest absolute Gasteiger partial charge is 0.399 e. The van der Waals surface area contributed by atoms with Crippen LogP contribution in [-0.4, -0.2) is 4.98 Å². The van der Waals surface area contributed by atoms with Crippen molar-refractivity contribution in [3.8, 4) is 0 Å². The molecule has 0 radical (unpaired) electrons. The summed E-state index contributed by atoms with van der Waals surface area (Å²) in [6, 6.07) is 12.2. The van der Waals surface area contributed by atoms with Gasteiger partial charge in [-0.1, -0.05) is 23.5 Å². The maximum Gasteiger partial charge on any atom is 0.184 e. The molecule has 1 heterocycles. The fourth-order valence-electron chi connectivity index (χ4n) is 2.05. The van der Waals surface area contributed by atoms with E-state index in [9.17, 15) is 4.39 Å². The van der Waals surface area contributed by atoms with Crippen LogP contribution >= 0.6 is 11.3 Å². The highest BCUT2D eigenvalue weighted by Crippen LogP contribution is 2.30. The smallest absolute Gasteiger partial charge is 0.184 e. The minimum absolute atomic E-state index is 0.0105. The van der Waals surface area contributed by atoms with Crippen molar-refractivity contribution < 1.29 is 4.39 Å². The van der Waals surface area contributed by atoms with Crippen molar-refractivity contribution in [2.24, 2.45) is 0 Å². The van der Waals surface area contributed by atoms with E-state index in [4.69, 9.17) is 5.73 Å². The quantitative estimate of drug-likeness (QED) is 0.710. The number of nitrogens with zero attached hydrogens (tertiary/aromatic N) is 1. The van der Waals surface area contributed by atoms with Crippen LogP contribution in [0.25, 0.3) is 10.2 Å². The number of thiazole rings is 1. The molecule has 0 saturated carbocycles. The molecule has 3 rings (SSSR count). The Bertz CT molecular complexity index is 754. The summed E-state index contributed by atoms with van der Waals surface area (Å²) in [5, 5.41) is 4.10. The van der Waals surface area contributed by atoms with Gasteiger partial charge in [0.2, 0.25) is 0 Å². The maximum absolute atomic E-state index is 13.2. The van der Waals surface area contributed by atoms with Gasteiger partial charge in [-0.15, -0.1) is 0 Å². The van der Waals surface area contributed by atoms with Gasteiger partial charge < -0.3 is 11.1 Å². The van der Waals surface area contributed by atoms with Gasteiger partial charge in [-0.3, -0.25) is 0 Å². The highest BCUT2D eigenvalue weighted by Gasteiger charge is 2.10. The van der Waals surface area contributed by atoms with Crippen LogP contribution in [0.3, 0.4) is 0 Å². The third kappa shape index (κ3) is 2.58. The molecule has 1 unspecified atom stereocenters. The van der Waals surface area contributed by atoms with E-state index in [2.05, 4.69) is 10.3 Å². The Morgan fingerprint density at radius 2 is 2.10 bits per heavy atom. The first-order chi connectivity index (χ1) is 9.61. The number of anilines is 2. The van der Waals surface area contributed by atoms with E-state index >= 15 is 0 Å². The second-order valence-electron chi connectivity index (χ2n) is 4.67. The summed E-state index contributed by atoms with van der Waals surface area (Å²) in [5.41, 5.74) is 8.29. The van der Waals surface area contributed by atoms with E-state index in [0.717, 1.165) is 26.6 Å². The molecule has 0 bridgehead atoms. The number of aromatic nitrogens is 1. The SMILES string of the molecule is CC(Nc1nc2ccc(N)cc2s1)c1cccc(F)c1. The Morgan fingerprint density at radius 1 is 1.25 bits per heavy atom. The molecule has 0 aliphatic heterocycles. The molecule has 102 valence electrons. The monoisotopic (exact) mass is 287 g/mol. The van der Waals surface area contributed by atoms with Gasteiger partial charge in [0.1, 0.15) is 5.82 Å². The van der Waals surface area contributed by atoms with E-state index in [0.29, 0.717) is 0 Å². The number of hydrogen-bond acceptors (Lipinski definition) is 4. The number of nitrogens with two attached hydrogens (primary N) is 1. The standard InChI is InChI=1S/C15H14FN3S/c1-9(10-3-2-4-11(16)7-10)18-15-19-13-6-5-12(17)8-14(13)20-15/h2-9H,17H2,1H3,(H,18,19). The average Bonchev–Trinajstić information content (AvgIpc) is 2.80. The molecule has 3 aromatic rings. The van der Waals surface area contributed by atoms with Gasteiger partial charge in [0.25, 0.3) is 0 Å². The van der Waals surface area contributed by atoms with Crippen molar-refractivity contribution in [1.29, 1.82) is 0 Å². The van der Waals surface area contributed by atoms with Gasteiger partial charge in [0, 0.05) is 5.69 Å². The Hall–Kier alpha value is -2.14. The first-order valence-corrected chi connectivity index (χ1v) is 7.11. The topological polar surface area (TPSA) is 50.9 Å². The Balaban J connectivity index is 1.85. The summed E-state index contributed by atoms with van der Waals surface area (Å²) in [6.07, 6.45) is 0. The predicted octanol–water partition coefficient (Wildman–Crippen LogP) is 4.19. The van der Waals surface area contributed by atoms with Crippen LogP contribution in [0.5, 0.6) is 0 Å². The third-order valence-corrected chi connectivity index (χ3v) is 4.05. The minimum atomic E-state index is -0.228. The Morgan fingerprint density at radius 3 is 2.90 bits per heavy atom. The van der Waals surface area contributed by atoms with Crippen molar-refractivity contribution in [2.75, 3.05) is 11.1 Å². The van der Waals surface area contributed by atoms with Crippen molar-refractivity contribution >= 4 is 32.4 Å². The fraction of sp³-hybridized carbons (Fsp3) is 0.133. The second-order valence-corrected chi connectivity index (χ2v) is 5.70. The summed E-state index contributed by atoms with van der Waals surface area (Å²) in [4.78, 5) is 4.50. The molecular formula is C15H14FN3S. The molecule has 3 nitrogen and oxygen atoms in total. The molecule has 0 aliphatic carbocycles. The van der Waals surface area contributed by atoms with Crippen LogP contribution in [0.2, 0.25) is 0 Å². The molecule has 2 aromatic carbocycles. The van der Waals surface area contributed by atoms with E-state index in [-0.39, 0.29) is 11.9 Å². The molecule has 0 amide bonds. The number of hydrogen-bond donors (Lipinski definition) is 2. The van der Waals surface area contributed by atoms with Gasteiger partial charge in [0.15, 0.2) is 5.13 Å². The number of halogens is 1. The molecule has 1 atom stereocenters. The molecule has 1 aromatic heterocycles. The minimum Gasteiger partial charge on any atom is -0.399 e. The lowest BCUT2D eigenvalue weighted by Crippen LogP contribution is -2.06.